The van der Waals surface area contributed by atoms with Crippen LogP contribution in [0.4, 0.5) is 0 Å². The smallest absolute Gasteiger partial charge is 0.258 e. The summed E-state index contributed by atoms with van der Waals surface area (Å²) in [6.45, 7) is 0. The van der Waals surface area contributed by atoms with E-state index in [0.29, 0.717) is 17.5 Å². The maximum Gasteiger partial charge on any atom is 0.258 e. The van der Waals surface area contributed by atoms with Gasteiger partial charge in [0, 0.05) is 5.56 Å². The van der Waals surface area contributed by atoms with Gasteiger partial charge in [-0.05, 0) is 24.3 Å². The van der Waals surface area contributed by atoms with E-state index in [-0.39, 0.29) is 5.75 Å². The Morgan fingerprint density at radius 2 is 2.00 bits per heavy atom. The van der Waals surface area contributed by atoms with Crippen molar-refractivity contribution in [3.63, 3.8) is 0 Å². The molecule has 0 fully saturated rings. The first kappa shape index (κ1) is 9.52. The van der Waals surface area contributed by atoms with Crippen molar-refractivity contribution in [2.24, 2.45) is 0 Å². The van der Waals surface area contributed by atoms with E-state index in [1.54, 1.807) is 24.3 Å². The quantitative estimate of drug-likeness (QED) is 0.685. The molecule has 0 aliphatic heterocycles. The molecule has 0 bridgehead atoms. The minimum Gasteiger partial charge on any atom is -0.508 e. The lowest BCUT2D eigenvalue weighted by Gasteiger charge is -1.93. The number of H-pyrrole nitrogens is 1. The molecule has 0 saturated carbocycles. The normalized spacial score (nSPS) is 10.6. The Balaban J connectivity index is 1.98. The first-order valence-corrected chi connectivity index (χ1v) is 4.82. The van der Waals surface area contributed by atoms with Crippen molar-refractivity contribution in [2.45, 2.75) is 0 Å². The van der Waals surface area contributed by atoms with E-state index in [1.807, 2.05) is 0 Å². The first-order chi connectivity index (χ1) is 8.33. The van der Waals surface area contributed by atoms with Gasteiger partial charge in [-0.15, -0.1) is 0 Å². The molecule has 2 N–H and O–H groups in total. The van der Waals surface area contributed by atoms with E-state index in [2.05, 4.69) is 25.3 Å². The molecule has 0 amide bonds. The summed E-state index contributed by atoms with van der Waals surface area (Å²) in [5.74, 6) is 1.32. The van der Waals surface area contributed by atoms with E-state index in [1.165, 1.54) is 6.33 Å². The molecule has 0 aliphatic carbocycles. The molecule has 7 heteroatoms. The predicted octanol–water partition coefficient (Wildman–Crippen LogP) is 1.23. The van der Waals surface area contributed by atoms with Crippen molar-refractivity contribution in [2.75, 3.05) is 0 Å². The van der Waals surface area contributed by atoms with Gasteiger partial charge in [-0.25, -0.2) is 4.98 Å². The van der Waals surface area contributed by atoms with Crippen LogP contribution in [0.3, 0.4) is 0 Å². The van der Waals surface area contributed by atoms with Gasteiger partial charge in [-0.2, -0.15) is 10.1 Å². The lowest BCUT2D eigenvalue weighted by Crippen LogP contribution is -1.83. The van der Waals surface area contributed by atoms with Crippen LogP contribution in [-0.2, 0) is 0 Å². The zero-order valence-electron chi connectivity index (χ0n) is 8.53. The summed E-state index contributed by atoms with van der Waals surface area (Å²) in [5.41, 5.74) is 0.723. The molecule has 1 aromatic carbocycles. The molecule has 7 nitrogen and oxygen atoms in total. The van der Waals surface area contributed by atoms with Gasteiger partial charge in [0.25, 0.3) is 5.89 Å². The van der Waals surface area contributed by atoms with Gasteiger partial charge in [0.2, 0.25) is 5.82 Å². The minimum absolute atomic E-state index is 0.184. The number of aromatic nitrogens is 5. The van der Waals surface area contributed by atoms with Gasteiger partial charge in [0.1, 0.15) is 12.1 Å². The highest BCUT2D eigenvalue weighted by molar-refractivity contribution is 5.56. The lowest BCUT2D eigenvalue weighted by atomic mass is 10.2. The molecule has 0 saturated heterocycles. The van der Waals surface area contributed by atoms with E-state index in [0.717, 1.165) is 5.56 Å². The molecule has 0 atom stereocenters. The summed E-state index contributed by atoms with van der Waals surface area (Å²) in [5, 5.41) is 19.3. The van der Waals surface area contributed by atoms with E-state index >= 15 is 0 Å². The summed E-state index contributed by atoms with van der Waals surface area (Å²) in [6, 6.07) is 6.47. The maximum absolute atomic E-state index is 9.17. The van der Waals surface area contributed by atoms with Crippen LogP contribution in [0.5, 0.6) is 5.75 Å². The lowest BCUT2D eigenvalue weighted by molar-refractivity contribution is 0.431. The summed E-state index contributed by atoms with van der Waals surface area (Å²) in [6.07, 6.45) is 1.37. The number of aromatic hydroxyl groups is 1. The van der Waals surface area contributed by atoms with Crippen LogP contribution in [-0.4, -0.2) is 30.4 Å². The fraction of sp³-hybridized carbons (Fsp3) is 0. The number of aromatic amines is 1. The second-order valence-electron chi connectivity index (χ2n) is 3.30. The SMILES string of the molecule is Oc1ccc(-c2nc(-c3ncn[nH]3)no2)cc1. The molecule has 3 rings (SSSR count). The van der Waals surface area contributed by atoms with Crippen LogP contribution >= 0.6 is 0 Å². The van der Waals surface area contributed by atoms with Gasteiger partial charge in [-0.3, -0.25) is 5.10 Å². The third-order valence-corrected chi connectivity index (χ3v) is 2.17. The second kappa shape index (κ2) is 3.71. The molecule has 84 valence electrons. The summed E-state index contributed by atoms with van der Waals surface area (Å²) in [4.78, 5) is 8.08. The van der Waals surface area contributed by atoms with Gasteiger partial charge >= 0.3 is 0 Å². The van der Waals surface area contributed by atoms with Crippen molar-refractivity contribution >= 4 is 0 Å². The average molecular weight is 229 g/mol. The van der Waals surface area contributed by atoms with Gasteiger partial charge in [0.15, 0.2) is 5.82 Å². The summed E-state index contributed by atoms with van der Waals surface area (Å²) >= 11 is 0. The highest BCUT2D eigenvalue weighted by Crippen LogP contribution is 2.21. The number of phenolic OH excluding ortho intramolecular Hbond substituents is 1. The number of nitrogens with one attached hydrogen (secondary N) is 1. The topological polar surface area (TPSA) is 101 Å². The molecular formula is C10H7N5O2. The van der Waals surface area contributed by atoms with Crippen LogP contribution < -0.4 is 0 Å². The second-order valence-corrected chi connectivity index (χ2v) is 3.30. The molecule has 2 heterocycles. The molecule has 3 aromatic rings. The highest BCUT2D eigenvalue weighted by atomic mass is 16.5. The van der Waals surface area contributed by atoms with Crippen LogP contribution in [0.25, 0.3) is 23.1 Å². The molecule has 0 aliphatic rings. The van der Waals surface area contributed by atoms with Gasteiger partial charge in [-0.1, -0.05) is 5.16 Å². The van der Waals surface area contributed by atoms with E-state index in [4.69, 9.17) is 9.63 Å². The minimum atomic E-state index is 0.184. The highest BCUT2D eigenvalue weighted by Gasteiger charge is 2.12. The van der Waals surface area contributed by atoms with Crippen molar-refractivity contribution in [1.82, 2.24) is 25.3 Å². The predicted molar refractivity (Wildman–Crippen MR) is 56.8 cm³/mol. The Morgan fingerprint density at radius 1 is 1.18 bits per heavy atom. The van der Waals surface area contributed by atoms with Crippen LogP contribution in [0.2, 0.25) is 0 Å². The molecule has 17 heavy (non-hydrogen) atoms. The number of rotatable bonds is 2. The number of hydrogen-bond donors (Lipinski definition) is 2. The van der Waals surface area contributed by atoms with E-state index in [9.17, 15) is 0 Å². The molecule has 0 spiro atoms. The Bertz CT molecular complexity index is 614. The number of nitrogens with zero attached hydrogens (tertiary/aromatic N) is 4. The standard InChI is InChI=1S/C10H7N5O2/c16-7-3-1-6(2-4-7)10-13-9(15-17-10)8-11-5-12-14-8/h1-5,16H,(H,11,12,14). The summed E-state index contributed by atoms with van der Waals surface area (Å²) in [7, 11) is 0. The number of benzene rings is 1. The van der Waals surface area contributed by atoms with Crippen molar-refractivity contribution in [3.05, 3.63) is 30.6 Å². The third kappa shape index (κ3) is 1.73. The van der Waals surface area contributed by atoms with Gasteiger partial charge < -0.3 is 9.63 Å². The Hall–Kier alpha value is -2.70. The summed E-state index contributed by atoms with van der Waals surface area (Å²) < 4.78 is 5.08. The van der Waals surface area contributed by atoms with Crippen LogP contribution in [0.1, 0.15) is 0 Å². The first-order valence-electron chi connectivity index (χ1n) is 4.82. The van der Waals surface area contributed by atoms with Crippen molar-refractivity contribution in [3.8, 4) is 28.9 Å². The zero-order chi connectivity index (χ0) is 11.7. The van der Waals surface area contributed by atoms with Gasteiger partial charge in [0.05, 0.1) is 0 Å². The molecular weight excluding hydrogens is 222 g/mol. The third-order valence-electron chi connectivity index (χ3n) is 2.17. The van der Waals surface area contributed by atoms with Crippen LogP contribution in [0.15, 0.2) is 35.1 Å². The average Bonchev–Trinajstić information content (AvgIpc) is 3.00. The fourth-order valence-corrected chi connectivity index (χ4v) is 1.35. The maximum atomic E-state index is 9.17. The molecule has 2 aromatic heterocycles. The zero-order valence-corrected chi connectivity index (χ0v) is 8.53. The van der Waals surface area contributed by atoms with Crippen molar-refractivity contribution in [1.29, 1.82) is 0 Å². The number of phenols is 1. The van der Waals surface area contributed by atoms with Crippen LogP contribution in [0, 0.1) is 0 Å². The Labute approximate surface area is 95.1 Å². The molecule has 0 unspecified atom stereocenters. The van der Waals surface area contributed by atoms with Crippen molar-refractivity contribution < 1.29 is 9.63 Å². The Morgan fingerprint density at radius 3 is 2.71 bits per heavy atom. The molecule has 0 radical (unpaired) electrons. The Kier molecular flexibility index (Phi) is 2.08. The number of hydrogen-bond acceptors (Lipinski definition) is 6. The monoisotopic (exact) mass is 229 g/mol. The largest absolute Gasteiger partial charge is 0.508 e. The fourth-order valence-electron chi connectivity index (χ4n) is 1.35. The van der Waals surface area contributed by atoms with E-state index < -0.39 is 0 Å².